The van der Waals surface area contributed by atoms with Gasteiger partial charge < -0.3 is 15.2 Å². The Balaban J connectivity index is 1.87. The fraction of sp³-hybridized carbons (Fsp3) is 0.389. The number of carbonyl (C=O) groups is 1. The monoisotopic (exact) mass is 424 g/mol. The first-order valence-electron chi connectivity index (χ1n) is 8.97. The second-order valence-electron chi connectivity index (χ2n) is 6.27. The highest BCUT2D eigenvalue weighted by molar-refractivity contribution is 7.92. The molecule has 8 nitrogen and oxygen atoms in total. The highest BCUT2D eigenvalue weighted by Gasteiger charge is 2.16. The smallest absolute Gasteiger partial charge is 0.263 e. The first-order valence-corrected chi connectivity index (χ1v) is 10.9. The van der Waals surface area contributed by atoms with Crippen LogP contribution in [0.3, 0.4) is 0 Å². The zero-order valence-corrected chi connectivity index (χ0v) is 17.5. The van der Waals surface area contributed by atoms with E-state index in [1.807, 2.05) is 0 Å². The number of thiocarbonyl (C=S) groups is 1. The summed E-state index contributed by atoms with van der Waals surface area (Å²) in [5.41, 5.74) is 0.563. The summed E-state index contributed by atoms with van der Waals surface area (Å²) in [5.74, 6) is 0.473. The van der Waals surface area contributed by atoms with E-state index in [9.17, 15) is 13.2 Å². The molecule has 2 rings (SSSR count). The third kappa shape index (κ3) is 6.93. The van der Waals surface area contributed by atoms with Crippen LogP contribution in [0.15, 0.2) is 39.8 Å². The van der Waals surface area contributed by atoms with E-state index in [-0.39, 0.29) is 21.7 Å². The maximum absolute atomic E-state index is 12.3. The van der Waals surface area contributed by atoms with Crippen molar-refractivity contribution < 1.29 is 17.7 Å². The molecule has 0 spiro atoms. The van der Waals surface area contributed by atoms with E-state index in [1.165, 1.54) is 18.2 Å². The number of hydrogen-bond acceptors (Lipinski definition) is 6. The second-order valence-corrected chi connectivity index (χ2v) is 8.36. The lowest BCUT2D eigenvalue weighted by Gasteiger charge is -2.10. The van der Waals surface area contributed by atoms with E-state index < -0.39 is 10.0 Å². The standard InChI is InChI=1S/C18H24N4O4S2/c1-3-4-5-6-7-17(23)20-18(27)19-14-8-10-15(11-9-14)28(24,25)22-16-12-13(2)26-21-16/h8-12H,3-7H2,1-2H3,(H,21,22)(H2,19,20,23,27). The van der Waals surface area contributed by atoms with Gasteiger partial charge in [0.25, 0.3) is 10.0 Å². The van der Waals surface area contributed by atoms with Gasteiger partial charge in [-0.15, -0.1) is 0 Å². The van der Waals surface area contributed by atoms with Crippen molar-refractivity contribution in [3.8, 4) is 0 Å². The van der Waals surface area contributed by atoms with Crippen LogP contribution in [0, 0.1) is 6.92 Å². The van der Waals surface area contributed by atoms with Gasteiger partial charge in [0.2, 0.25) is 5.91 Å². The van der Waals surface area contributed by atoms with Crippen LogP contribution < -0.4 is 15.4 Å². The fourth-order valence-electron chi connectivity index (χ4n) is 2.39. The number of carbonyl (C=O) groups excluding carboxylic acids is 1. The molecule has 1 heterocycles. The van der Waals surface area contributed by atoms with Crippen molar-refractivity contribution in [2.24, 2.45) is 0 Å². The van der Waals surface area contributed by atoms with Gasteiger partial charge in [-0.2, -0.15) is 0 Å². The lowest BCUT2D eigenvalue weighted by atomic mass is 10.1. The molecule has 1 aromatic heterocycles. The van der Waals surface area contributed by atoms with Crippen LogP contribution in [0.25, 0.3) is 0 Å². The van der Waals surface area contributed by atoms with Gasteiger partial charge in [-0.3, -0.25) is 9.52 Å². The molecule has 0 unspecified atom stereocenters. The number of rotatable bonds is 9. The molecule has 0 aliphatic heterocycles. The molecule has 1 aromatic carbocycles. The third-order valence-corrected chi connectivity index (χ3v) is 5.37. The van der Waals surface area contributed by atoms with Crippen molar-refractivity contribution in [1.82, 2.24) is 10.5 Å². The number of amides is 1. The summed E-state index contributed by atoms with van der Waals surface area (Å²) in [6.07, 6.45) is 4.48. The Morgan fingerprint density at radius 3 is 2.50 bits per heavy atom. The lowest BCUT2D eigenvalue weighted by molar-refractivity contribution is -0.119. The predicted octanol–water partition coefficient (Wildman–Crippen LogP) is 3.57. The quantitative estimate of drug-likeness (QED) is 0.416. The van der Waals surface area contributed by atoms with E-state index in [0.29, 0.717) is 17.9 Å². The number of anilines is 2. The number of aryl methyl sites for hydroxylation is 1. The number of unbranched alkanes of at least 4 members (excludes halogenated alkanes) is 3. The third-order valence-electron chi connectivity index (χ3n) is 3.80. The maximum Gasteiger partial charge on any atom is 0.263 e. The average Bonchev–Trinajstić information content (AvgIpc) is 3.03. The topological polar surface area (TPSA) is 113 Å². The molecule has 0 aliphatic carbocycles. The van der Waals surface area contributed by atoms with Gasteiger partial charge in [-0.05, 0) is 49.8 Å². The molecule has 0 atom stereocenters. The molecule has 10 heteroatoms. The molecule has 0 radical (unpaired) electrons. The summed E-state index contributed by atoms with van der Waals surface area (Å²) in [7, 11) is -3.78. The molecule has 152 valence electrons. The summed E-state index contributed by atoms with van der Waals surface area (Å²) in [4.78, 5) is 11.9. The Kier molecular flexibility index (Phi) is 7.94. The number of nitrogens with one attached hydrogen (secondary N) is 3. The fourth-order valence-corrected chi connectivity index (χ4v) is 3.61. The summed E-state index contributed by atoms with van der Waals surface area (Å²) < 4.78 is 31.9. The van der Waals surface area contributed by atoms with Crippen LogP contribution in [0.1, 0.15) is 44.8 Å². The summed E-state index contributed by atoms with van der Waals surface area (Å²) in [6.45, 7) is 3.78. The molecule has 1 amide bonds. The predicted molar refractivity (Wildman–Crippen MR) is 112 cm³/mol. The van der Waals surface area contributed by atoms with Gasteiger partial charge in [-0.25, -0.2) is 8.42 Å². The van der Waals surface area contributed by atoms with Gasteiger partial charge in [0.1, 0.15) is 5.76 Å². The normalized spacial score (nSPS) is 11.1. The molecule has 0 aliphatic rings. The number of benzene rings is 1. The van der Waals surface area contributed by atoms with E-state index in [0.717, 1.165) is 25.7 Å². The zero-order valence-electron chi connectivity index (χ0n) is 15.8. The Bertz CT molecular complexity index is 908. The summed E-state index contributed by atoms with van der Waals surface area (Å²) in [6, 6.07) is 7.45. The van der Waals surface area contributed by atoms with Gasteiger partial charge in [0.15, 0.2) is 10.9 Å². The summed E-state index contributed by atoms with van der Waals surface area (Å²) >= 11 is 5.12. The van der Waals surface area contributed by atoms with E-state index >= 15 is 0 Å². The second kappa shape index (κ2) is 10.2. The van der Waals surface area contributed by atoms with Crippen molar-refractivity contribution >= 4 is 44.8 Å². The highest BCUT2D eigenvalue weighted by atomic mass is 32.2. The van der Waals surface area contributed by atoms with Gasteiger partial charge in [0.05, 0.1) is 4.90 Å². The molecular weight excluding hydrogens is 400 g/mol. The van der Waals surface area contributed by atoms with E-state index in [2.05, 4.69) is 27.4 Å². The Labute approximate surface area is 170 Å². The molecule has 0 fully saturated rings. The molecule has 0 saturated carbocycles. The number of hydrogen-bond donors (Lipinski definition) is 3. The van der Waals surface area contributed by atoms with Crippen molar-refractivity contribution in [3.05, 3.63) is 36.1 Å². The van der Waals surface area contributed by atoms with Gasteiger partial charge in [0, 0.05) is 18.2 Å². The van der Waals surface area contributed by atoms with Gasteiger partial charge >= 0.3 is 0 Å². The first-order chi connectivity index (χ1) is 13.3. The van der Waals surface area contributed by atoms with Gasteiger partial charge in [-0.1, -0.05) is 31.3 Å². The Hall–Kier alpha value is -2.46. The van der Waals surface area contributed by atoms with Crippen LogP contribution in [0.4, 0.5) is 11.5 Å². The van der Waals surface area contributed by atoms with Crippen molar-refractivity contribution in [1.29, 1.82) is 0 Å². The minimum Gasteiger partial charge on any atom is -0.360 e. The maximum atomic E-state index is 12.3. The number of nitrogens with zero attached hydrogens (tertiary/aromatic N) is 1. The Morgan fingerprint density at radius 1 is 1.18 bits per heavy atom. The molecule has 3 N–H and O–H groups in total. The van der Waals surface area contributed by atoms with E-state index in [4.69, 9.17) is 16.7 Å². The highest BCUT2D eigenvalue weighted by Crippen LogP contribution is 2.18. The Morgan fingerprint density at radius 2 is 1.89 bits per heavy atom. The number of sulfonamides is 1. The van der Waals surface area contributed by atoms with E-state index in [1.54, 1.807) is 19.1 Å². The summed E-state index contributed by atoms with van der Waals surface area (Å²) in [5, 5.41) is 9.26. The molecular formula is C18H24N4O4S2. The van der Waals surface area contributed by atoms with Crippen molar-refractivity contribution in [2.75, 3.05) is 10.0 Å². The van der Waals surface area contributed by atoms with Crippen LogP contribution in [-0.2, 0) is 14.8 Å². The van der Waals surface area contributed by atoms with Crippen LogP contribution in [-0.4, -0.2) is 24.6 Å². The lowest BCUT2D eigenvalue weighted by Crippen LogP contribution is -2.33. The molecule has 28 heavy (non-hydrogen) atoms. The van der Waals surface area contributed by atoms with Crippen LogP contribution in [0.2, 0.25) is 0 Å². The SMILES string of the molecule is CCCCCCC(=O)NC(=S)Nc1ccc(S(=O)(=O)Nc2cc(C)on2)cc1. The zero-order chi connectivity index (χ0) is 20.6. The largest absolute Gasteiger partial charge is 0.360 e. The minimum atomic E-state index is -3.78. The number of aromatic nitrogens is 1. The first kappa shape index (κ1) is 21.8. The molecule has 0 saturated heterocycles. The molecule has 0 bridgehead atoms. The minimum absolute atomic E-state index is 0.0598. The van der Waals surface area contributed by atoms with Crippen molar-refractivity contribution in [2.45, 2.75) is 50.8 Å². The molecule has 2 aromatic rings. The van der Waals surface area contributed by atoms with Crippen LogP contribution >= 0.6 is 12.2 Å². The van der Waals surface area contributed by atoms with Crippen molar-refractivity contribution in [3.63, 3.8) is 0 Å². The van der Waals surface area contributed by atoms with Crippen LogP contribution in [0.5, 0.6) is 0 Å². The average molecular weight is 425 g/mol.